The smallest absolute Gasteiger partial charge is 0.347 e. The number of aliphatic hydroxyl groups is 1. The Morgan fingerprint density at radius 2 is 2.07 bits per heavy atom. The van der Waals surface area contributed by atoms with Crippen LogP contribution < -0.4 is 10.2 Å². The number of piperidine rings is 1. The van der Waals surface area contributed by atoms with Crippen LogP contribution in [0, 0.1) is 19.8 Å². The number of hydrogen-bond donors (Lipinski definition) is 4. The quantitative estimate of drug-likeness (QED) is 0.560. The maximum Gasteiger partial charge on any atom is 0.347 e. The van der Waals surface area contributed by atoms with Gasteiger partial charge in [-0.2, -0.15) is 0 Å². The van der Waals surface area contributed by atoms with Crippen LogP contribution >= 0.6 is 34.5 Å². The summed E-state index contributed by atoms with van der Waals surface area (Å²) in [4.78, 5) is 33.2. The first-order valence-electron chi connectivity index (χ1n) is 8.63. The van der Waals surface area contributed by atoms with Crippen LogP contribution in [0.15, 0.2) is 0 Å². The minimum atomic E-state index is -1.00. The molecule has 0 spiro atoms. The molecule has 0 radical (unpaired) electrons. The predicted molar refractivity (Wildman–Crippen MR) is 108 cm³/mol. The van der Waals surface area contributed by atoms with E-state index in [-0.39, 0.29) is 40.1 Å². The summed E-state index contributed by atoms with van der Waals surface area (Å²) in [6, 6.07) is -0.257. The average Bonchev–Trinajstić information content (AvgIpc) is 3.17. The number of nitrogens with zero attached hydrogens (tertiary/aromatic N) is 2. The second-order valence-corrected chi connectivity index (χ2v) is 8.46. The van der Waals surface area contributed by atoms with Crippen LogP contribution in [-0.2, 0) is 0 Å². The highest BCUT2D eigenvalue weighted by Gasteiger charge is 2.33. The Bertz CT molecular complexity index is 913. The number of aromatic carboxylic acids is 1. The number of aryl methyl sites for hydroxylation is 2. The molecule has 2 aromatic rings. The molecule has 152 valence electrons. The molecule has 11 heteroatoms. The number of anilines is 1. The van der Waals surface area contributed by atoms with E-state index >= 15 is 0 Å². The number of aromatic nitrogens is 2. The van der Waals surface area contributed by atoms with Crippen LogP contribution in [0.1, 0.15) is 38.0 Å². The van der Waals surface area contributed by atoms with Crippen LogP contribution in [0.4, 0.5) is 5.13 Å². The van der Waals surface area contributed by atoms with Gasteiger partial charge in [-0.15, -0.1) is 0 Å². The standard InChI is InChI=1S/C17H20Cl2N4O4S/c1-7-11(18)12(19)13(20-7)15(25)22-10-3-4-23(5-9(10)6-24)17-21-8(2)14(28-17)16(26)27/h9-10,20,24H,3-6H2,1-2H3,(H,22,25)(H,26,27). The third-order valence-electron chi connectivity index (χ3n) is 4.82. The number of thiazole rings is 1. The highest BCUT2D eigenvalue weighted by Crippen LogP contribution is 2.31. The minimum Gasteiger partial charge on any atom is -0.477 e. The molecule has 0 saturated carbocycles. The second kappa shape index (κ2) is 8.28. The van der Waals surface area contributed by atoms with Gasteiger partial charge in [0.25, 0.3) is 5.91 Å². The van der Waals surface area contributed by atoms with Gasteiger partial charge in [-0.3, -0.25) is 4.79 Å². The molecule has 28 heavy (non-hydrogen) atoms. The molecule has 8 nitrogen and oxygen atoms in total. The molecule has 0 aliphatic carbocycles. The number of amides is 1. The van der Waals surface area contributed by atoms with Crippen molar-refractivity contribution >= 4 is 51.5 Å². The first-order chi connectivity index (χ1) is 13.2. The van der Waals surface area contributed by atoms with Gasteiger partial charge in [0.05, 0.1) is 15.7 Å². The van der Waals surface area contributed by atoms with Crippen molar-refractivity contribution in [2.75, 3.05) is 24.6 Å². The average molecular weight is 447 g/mol. The largest absolute Gasteiger partial charge is 0.477 e. The highest BCUT2D eigenvalue weighted by atomic mass is 35.5. The topological polar surface area (TPSA) is 119 Å². The van der Waals surface area contributed by atoms with Gasteiger partial charge in [0, 0.05) is 37.4 Å². The third-order valence-corrected chi connectivity index (χ3v) is 6.97. The molecule has 1 fully saturated rings. The molecule has 0 bridgehead atoms. The molecule has 0 aromatic carbocycles. The number of H-pyrrole nitrogens is 1. The molecule has 1 saturated heterocycles. The van der Waals surface area contributed by atoms with Crippen molar-refractivity contribution in [1.29, 1.82) is 0 Å². The van der Waals surface area contributed by atoms with Gasteiger partial charge in [-0.25, -0.2) is 9.78 Å². The van der Waals surface area contributed by atoms with Gasteiger partial charge in [0.1, 0.15) is 10.6 Å². The van der Waals surface area contributed by atoms with E-state index in [4.69, 9.17) is 23.2 Å². The summed E-state index contributed by atoms with van der Waals surface area (Å²) < 4.78 is 0. The van der Waals surface area contributed by atoms with Crippen molar-refractivity contribution < 1.29 is 19.8 Å². The molecule has 2 unspecified atom stereocenters. The SMILES string of the molecule is Cc1nc(N2CCC(NC(=O)c3[nH]c(C)c(Cl)c3Cl)C(CO)C2)sc1C(=O)O. The zero-order valence-electron chi connectivity index (χ0n) is 15.3. The number of carbonyl (C=O) groups is 2. The fourth-order valence-electron chi connectivity index (χ4n) is 3.27. The Hall–Kier alpha value is -1.81. The van der Waals surface area contributed by atoms with E-state index in [0.717, 1.165) is 11.3 Å². The van der Waals surface area contributed by atoms with Gasteiger partial charge in [0.15, 0.2) is 5.13 Å². The molecule has 1 aliphatic heterocycles. The molecule has 3 rings (SSSR count). The van der Waals surface area contributed by atoms with E-state index in [1.807, 2.05) is 4.90 Å². The van der Waals surface area contributed by atoms with E-state index in [1.54, 1.807) is 13.8 Å². The monoisotopic (exact) mass is 446 g/mol. The maximum absolute atomic E-state index is 12.6. The van der Waals surface area contributed by atoms with Crippen molar-refractivity contribution in [3.8, 4) is 0 Å². The number of aliphatic hydroxyl groups excluding tert-OH is 1. The molecular formula is C17H20Cl2N4O4S. The lowest BCUT2D eigenvalue weighted by atomic mass is 9.93. The summed E-state index contributed by atoms with van der Waals surface area (Å²) in [7, 11) is 0. The van der Waals surface area contributed by atoms with Crippen molar-refractivity contribution in [3.05, 3.63) is 32.0 Å². The lowest BCUT2D eigenvalue weighted by Gasteiger charge is -2.38. The van der Waals surface area contributed by atoms with Gasteiger partial charge in [-0.1, -0.05) is 34.5 Å². The number of rotatable bonds is 5. The Morgan fingerprint density at radius 3 is 2.61 bits per heavy atom. The number of aromatic amines is 1. The normalized spacial score (nSPS) is 19.7. The molecule has 1 amide bonds. The Morgan fingerprint density at radius 1 is 1.36 bits per heavy atom. The number of hydrogen-bond acceptors (Lipinski definition) is 6. The fraction of sp³-hybridized carbons (Fsp3) is 0.471. The van der Waals surface area contributed by atoms with E-state index in [0.29, 0.717) is 41.1 Å². The number of carboxylic acid groups (broad SMARTS) is 1. The van der Waals surface area contributed by atoms with Crippen molar-refractivity contribution in [1.82, 2.24) is 15.3 Å². The molecule has 4 N–H and O–H groups in total. The Kier molecular flexibility index (Phi) is 6.18. The molecule has 1 aliphatic rings. The van der Waals surface area contributed by atoms with Crippen LogP contribution in [0.25, 0.3) is 0 Å². The van der Waals surface area contributed by atoms with E-state index in [9.17, 15) is 19.8 Å². The molecular weight excluding hydrogens is 427 g/mol. The van der Waals surface area contributed by atoms with Crippen LogP contribution in [0.5, 0.6) is 0 Å². The van der Waals surface area contributed by atoms with E-state index in [1.165, 1.54) is 0 Å². The van der Waals surface area contributed by atoms with Gasteiger partial charge >= 0.3 is 5.97 Å². The minimum absolute atomic E-state index is 0.129. The number of halogens is 2. The summed E-state index contributed by atoms with van der Waals surface area (Å²) in [6.45, 7) is 4.28. The number of carbonyl (C=O) groups excluding carboxylic acids is 1. The number of nitrogens with one attached hydrogen (secondary N) is 2. The van der Waals surface area contributed by atoms with Crippen LogP contribution in [0.3, 0.4) is 0 Å². The van der Waals surface area contributed by atoms with E-state index in [2.05, 4.69) is 15.3 Å². The summed E-state index contributed by atoms with van der Waals surface area (Å²) >= 11 is 13.2. The maximum atomic E-state index is 12.6. The van der Waals surface area contributed by atoms with Gasteiger partial charge in [-0.05, 0) is 20.3 Å². The molecule has 2 aromatic heterocycles. The first kappa shape index (κ1) is 20.9. The third kappa shape index (κ3) is 3.98. The zero-order chi connectivity index (χ0) is 20.6. The lowest BCUT2D eigenvalue weighted by molar-refractivity contribution is 0.0700. The Labute approximate surface area is 175 Å². The van der Waals surface area contributed by atoms with Gasteiger partial charge < -0.3 is 25.4 Å². The lowest BCUT2D eigenvalue weighted by Crippen LogP contribution is -2.52. The fourth-order valence-corrected chi connectivity index (χ4v) is 4.62. The zero-order valence-corrected chi connectivity index (χ0v) is 17.6. The van der Waals surface area contributed by atoms with Crippen molar-refractivity contribution in [2.45, 2.75) is 26.3 Å². The summed E-state index contributed by atoms with van der Waals surface area (Å²) in [5.74, 6) is -1.62. The van der Waals surface area contributed by atoms with Crippen molar-refractivity contribution in [3.63, 3.8) is 0 Å². The highest BCUT2D eigenvalue weighted by molar-refractivity contribution is 7.17. The van der Waals surface area contributed by atoms with Crippen LogP contribution in [-0.4, -0.2) is 57.8 Å². The predicted octanol–water partition coefficient (Wildman–Crippen LogP) is 2.71. The molecule has 2 atom stereocenters. The summed E-state index contributed by atoms with van der Waals surface area (Å²) in [6.07, 6.45) is 0.572. The number of carboxylic acids is 1. The first-order valence-corrected chi connectivity index (χ1v) is 10.2. The summed E-state index contributed by atoms with van der Waals surface area (Å²) in [5.41, 5.74) is 1.28. The van der Waals surface area contributed by atoms with E-state index < -0.39 is 5.97 Å². The summed E-state index contributed by atoms with van der Waals surface area (Å²) in [5, 5.41) is 23.0. The van der Waals surface area contributed by atoms with Crippen LogP contribution in [0.2, 0.25) is 10.0 Å². The van der Waals surface area contributed by atoms with Crippen molar-refractivity contribution in [2.24, 2.45) is 5.92 Å². The van der Waals surface area contributed by atoms with Gasteiger partial charge in [0.2, 0.25) is 0 Å². The second-order valence-electron chi connectivity index (χ2n) is 6.73. The molecule has 3 heterocycles. The Balaban J connectivity index is 1.71.